The van der Waals surface area contributed by atoms with Crippen LogP contribution in [0.1, 0.15) is 22.7 Å². The third-order valence-electron chi connectivity index (χ3n) is 3.40. The van der Waals surface area contributed by atoms with Gasteiger partial charge >= 0.3 is 0 Å². The monoisotopic (exact) mass is 387 g/mol. The van der Waals surface area contributed by atoms with Crippen LogP contribution >= 0.6 is 39.1 Å². The molecule has 0 bridgehead atoms. The van der Waals surface area contributed by atoms with E-state index in [0.29, 0.717) is 15.8 Å². The minimum Gasteiger partial charge on any atom is -0.495 e. The molecule has 5 heteroatoms. The van der Waals surface area contributed by atoms with Crippen LogP contribution in [0.2, 0.25) is 10.0 Å². The van der Waals surface area contributed by atoms with Gasteiger partial charge in [0.05, 0.1) is 18.2 Å². The van der Waals surface area contributed by atoms with Crippen molar-refractivity contribution in [3.05, 3.63) is 61.5 Å². The van der Waals surface area contributed by atoms with Crippen LogP contribution in [-0.4, -0.2) is 14.2 Å². The zero-order valence-electron chi connectivity index (χ0n) is 12.0. The van der Waals surface area contributed by atoms with E-state index in [0.717, 1.165) is 15.6 Å². The third kappa shape index (κ3) is 3.54. The topological polar surface area (TPSA) is 21.3 Å². The largest absolute Gasteiger partial charge is 0.495 e. The molecule has 2 nitrogen and oxygen atoms in total. The van der Waals surface area contributed by atoms with Crippen LogP contribution in [0.3, 0.4) is 0 Å². The molecule has 0 aromatic heterocycles. The van der Waals surface area contributed by atoms with Crippen molar-refractivity contribution in [1.29, 1.82) is 0 Å². The molecule has 1 unspecified atom stereocenters. The predicted molar refractivity (Wildman–Crippen MR) is 92.8 cm³/mol. The molecule has 0 aliphatic rings. The first-order chi connectivity index (χ1) is 9.97. The van der Waals surface area contributed by atoms with Gasteiger partial charge in [-0.3, -0.25) is 0 Å². The van der Waals surface area contributed by atoms with Crippen LogP contribution < -0.4 is 10.1 Å². The lowest BCUT2D eigenvalue weighted by Crippen LogP contribution is -2.18. The van der Waals surface area contributed by atoms with Gasteiger partial charge in [0.1, 0.15) is 5.75 Å². The lowest BCUT2D eigenvalue weighted by molar-refractivity contribution is 0.415. The maximum atomic E-state index is 6.38. The summed E-state index contributed by atoms with van der Waals surface area (Å²) >= 11 is 16.2. The van der Waals surface area contributed by atoms with Crippen molar-refractivity contribution in [1.82, 2.24) is 5.32 Å². The number of hydrogen-bond donors (Lipinski definition) is 1. The quantitative estimate of drug-likeness (QED) is 0.758. The Hall–Kier alpha value is -0.740. The van der Waals surface area contributed by atoms with E-state index in [9.17, 15) is 0 Å². The zero-order valence-corrected chi connectivity index (χ0v) is 15.1. The van der Waals surface area contributed by atoms with Gasteiger partial charge in [-0.25, -0.2) is 0 Å². The van der Waals surface area contributed by atoms with Gasteiger partial charge in [-0.1, -0.05) is 51.3 Å². The fraction of sp³-hybridized carbons (Fsp3) is 0.250. The van der Waals surface area contributed by atoms with Gasteiger partial charge in [0.2, 0.25) is 0 Å². The van der Waals surface area contributed by atoms with Gasteiger partial charge in [-0.05, 0) is 42.8 Å². The molecular formula is C16H16BrCl2NO. The van der Waals surface area contributed by atoms with Crippen molar-refractivity contribution >= 4 is 39.1 Å². The van der Waals surface area contributed by atoms with Crippen LogP contribution in [0.4, 0.5) is 0 Å². The Labute approximate surface area is 143 Å². The smallest absolute Gasteiger partial charge is 0.138 e. The summed E-state index contributed by atoms with van der Waals surface area (Å²) in [6.45, 7) is 2.06. The van der Waals surface area contributed by atoms with Crippen molar-refractivity contribution < 1.29 is 4.74 Å². The molecule has 0 aliphatic carbocycles. The average Bonchev–Trinajstić information content (AvgIpc) is 2.46. The van der Waals surface area contributed by atoms with Gasteiger partial charge in [0, 0.05) is 15.6 Å². The van der Waals surface area contributed by atoms with E-state index in [1.54, 1.807) is 13.2 Å². The number of rotatable bonds is 4. The van der Waals surface area contributed by atoms with Crippen molar-refractivity contribution in [2.24, 2.45) is 0 Å². The average molecular weight is 389 g/mol. The second-order valence-corrected chi connectivity index (χ2v) is 6.41. The van der Waals surface area contributed by atoms with Gasteiger partial charge in [-0.15, -0.1) is 0 Å². The normalized spacial score (nSPS) is 12.3. The molecule has 112 valence electrons. The maximum absolute atomic E-state index is 6.38. The van der Waals surface area contributed by atoms with Crippen LogP contribution in [0.5, 0.6) is 5.75 Å². The zero-order chi connectivity index (χ0) is 15.6. The Morgan fingerprint density at radius 3 is 2.43 bits per heavy atom. The summed E-state index contributed by atoms with van der Waals surface area (Å²) in [6.07, 6.45) is 0. The summed E-state index contributed by atoms with van der Waals surface area (Å²) in [4.78, 5) is 0. The van der Waals surface area contributed by atoms with E-state index in [1.807, 2.05) is 13.1 Å². The number of hydrogen-bond acceptors (Lipinski definition) is 2. The van der Waals surface area contributed by atoms with Crippen molar-refractivity contribution in [3.8, 4) is 5.75 Å². The van der Waals surface area contributed by atoms with E-state index in [-0.39, 0.29) is 6.04 Å². The van der Waals surface area contributed by atoms with Crippen LogP contribution in [0, 0.1) is 6.92 Å². The second-order valence-electron chi connectivity index (χ2n) is 4.74. The Kier molecular flexibility index (Phi) is 5.55. The van der Waals surface area contributed by atoms with Crippen LogP contribution in [-0.2, 0) is 0 Å². The molecule has 0 amide bonds. The molecule has 0 fully saturated rings. The molecule has 21 heavy (non-hydrogen) atoms. The highest BCUT2D eigenvalue weighted by Gasteiger charge is 2.18. The highest BCUT2D eigenvalue weighted by Crippen LogP contribution is 2.36. The van der Waals surface area contributed by atoms with E-state index in [2.05, 4.69) is 46.4 Å². The molecule has 2 rings (SSSR count). The molecular weight excluding hydrogens is 373 g/mol. The van der Waals surface area contributed by atoms with E-state index >= 15 is 0 Å². The summed E-state index contributed by atoms with van der Waals surface area (Å²) in [7, 11) is 3.47. The number of aryl methyl sites for hydroxylation is 1. The van der Waals surface area contributed by atoms with E-state index in [1.165, 1.54) is 5.56 Å². The highest BCUT2D eigenvalue weighted by atomic mass is 79.9. The maximum Gasteiger partial charge on any atom is 0.138 e. The SMILES string of the molecule is CNC(c1ccc(C)c(Br)c1)c1cc(Cl)c(OC)cc1Cl. The fourth-order valence-electron chi connectivity index (χ4n) is 2.21. The first kappa shape index (κ1) is 16.6. The fourth-order valence-corrected chi connectivity index (χ4v) is 3.12. The molecule has 0 radical (unpaired) electrons. The minimum absolute atomic E-state index is 0.0437. The minimum atomic E-state index is -0.0437. The van der Waals surface area contributed by atoms with Crippen molar-refractivity contribution in [3.63, 3.8) is 0 Å². The molecule has 2 aromatic rings. The lowest BCUT2D eigenvalue weighted by Gasteiger charge is -2.20. The second kappa shape index (κ2) is 7.01. The van der Waals surface area contributed by atoms with E-state index in [4.69, 9.17) is 27.9 Å². The van der Waals surface area contributed by atoms with Gasteiger partial charge in [0.25, 0.3) is 0 Å². The van der Waals surface area contributed by atoms with Gasteiger partial charge < -0.3 is 10.1 Å². The Morgan fingerprint density at radius 2 is 1.86 bits per heavy atom. The Morgan fingerprint density at radius 1 is 1.14 bits per heavy atom. The molecule has 2 aromatic carbocycles. The highest BCUT2D eigenvalue weighted by molar-refractivity contribution is 9.10. The summed E-state index contributed by atoms with van der Waals surface area (Å²) in [5, 5.41) is 4.44. The molecule has 0 spiro atoms. The van der Waals surface area contributed by atoms with Crippen molar-refractivity contribution in [2.45, 2.75) is 13.0 Å². The lowest BCUT2D eigenvalue weighted by atomic mass is 9.97. The van der Waals surface area contributed by atoms with Gasteiger partial charge in [0.15, 0.2) is 0 Å². The third-order valence-corrected chi connectivity index (χ3v) is 4.88. The summed E-state index contributed by atoms with van der Waals surface area (Å²) in [6, 6.07) is 9.78. The Bertz CT molecular complexity index is 661. The van der Waals surface area contributed by atoms with E-state index < -0.39 is 0 Å². The number of methoxy groups -OCH3 is 1. The summed E-state index contributed by atoms with van der Waals surface area (Å²) in [5.41, 5.74) is 3.21. The molecule has 0 heterocycles. The molecule has 0 saturated heterocycles. The van der Waals surface area contributed by atoms with Crippen molar-refractivity contribution in [2.75, 3.05) is 14.2 Å². The molecule has 1 atom stereocenters. The first-order valence-corrected chi connectivity index (χ1v) is 7.99. The predicted octanol–water partition coefficient (Wildman–Crippen LogP) is 5.38. The summed E-state index contributed by atoms with van der Waals surface area (Å²) < 4.78 is 6.26. The molecule has 1 N–H and O–H groups in total. The molecule has 0 aliphatic heterocycles. The van der Waals surface area contributed by atoms with Gasteiger partial charge in [-0.2, -0.15) is 0 Å². The first-order valence-electron chi connectivity index (χ1n) is 6.44. The number of ether oxygens (including phenoxy) is 1. The molecule has 0 saturated carbocycles. The standard InChI is InChI=1S/C16H16BrCl2NO/c1-9-4-5-10(6-12(9)17)16(20-2)11-7-14(19)15(21-3)8-13(11)18/h4-8,16,20H,1-3H3. The number of halogens is 3. The van der Waals surface area contributed by atoms with Crippen LogP contribution in [0.15, 0.2) is 34.8 Å². The summed E-state index contributed by atoms with van der Waals surface area (Å²) in [5.74, 6) is 0.574. The Balaban J connectivity index is 2.50. The number of nitrogens with one attached hydrogen (secondary N) is 1. The number of benzene rings is 2. The van der Waals surface area contributed by atoms with Crippen LogP contribution in [0.25, 0.3) is 0 Å².